The van der Waals surface area contributed by atoms with Crippen LogP contribution in [0.5, 0.6) is 0 Å². The molecule has 0 aromatic heterocycles. The number of hydrogen-bond acceptors (Lipinski definition) is 4. The third-order valence-corrected chi connectivity index (χ3v) is 3.64. The van der Waals surface area contributed by atoms with Gasteiger partial charge in [-0.15, -0.1) is 12.4 Å². The second-order valence-electron chi connectivity index (χ2n) is 6.15. The molecule has 0 spiro atoms. The van der Waals surface area contributed by atoms with E-state index in [1.165, 1.54) is 11.1 Å². The Balaban J connectivity index is 0.000000562. The quantitative estimate of drug-likeness (QED) is 0.231. The number of benzene rings is 2. The molecule has 0 heterocycles. The van der Waals surface area contributed by atoms with E-state index in [-0.39, 0.29) is 36.2 Å². The molecule has 2 aromatic rings. The van der Waals surface area contributed by atoms with Gasteiger partial charge < -0.3 is 22.1 Å². The second kappa shape index (κ2) is 16.1. The zero-order chi connectivity index (χ0) is 22.2. The van der Waals surface area contributed by atoms with E-state index in [1.807, 2.05) is 60.7 Å². The minimum Gasteiger partial charge on any atom is -0.370 e. The second-order valence-corrected chi connectivity index (χ2v) is 6.15. The van der Waals surface area contributed by atoms with Gasteiger partial charge in [0.1, 0.15) is 0 Å². The molecule has 31 heavy (non-hydrogen) atoms. The van der Waals surface area contributed by atoms with Gasteiger partial charge in [-0.1, -0.05) is 60.7 Å². The summed E-state index contributed by atoms with van der Waals surface area (Å²) in [5.41, 5.74) is 12.6. The van der Waals surface area contributed by atoms with Crippen molar-refractivity contribution >= 4 is 36.2 Å². The third kappa shape index (κ3) is 14.8. The molecule has 0 saturated carbocycles. The van der Waals surface area contributed by atoms with E-state index < -0.39 is 0 Å². The van der Waals surface area contributed by atoms with Crippen LogP contribution in [-0.2, 0) is 12.8 Å². The van der Waals surface area contributed by atoms with Gasteiger partial charge in [-0.3, -0.25) is 32.3 Å². The Morgan fingerprint density at radius 2 is 0.935 bits per heavy atom. The predicted octanol–water partition coefficient (Wildman–Crippen LogP) is 0.895. The predicted molar refractivity (Wildman–Crippen MR) is 129 cm³/mol. The third-order valence-electron chi connectivity index (χ3n) is 3.64. The molecule has 0 aliphatic carbocycles. The fraction of sp³-hybridized carbons (Fsp3) is 0.200. The average molecular weight is 447 g/mol. The molecule has 11 heteroatoms. The first kappa shape index (κ1) is 27.2. The molecular weight excluding hydrogens is 416 g/mol. The molecule has 0 amide bonds. The molecule has 0 atom stereocenters. The highest BCUT2D eigenvalue weighted by Gasteiger charge is 1.97. The molecule has 2 rings (SSSR count). The largest absolute Gasteiger partial charge is 0.370 e. The molecule has 2 aromatic carbocycles. The zero-order valence-corrected chi connectivity index (χ0v) is 18.0. The SMILES string of the molecule is Cl.N=C(N)NC(=N)NCCc1ccccc1.N=C(N)NC(=N)NCCc1ccccc1. The number of halogens is 1. The van der Waals surface area contributed by atoms with Crippen LogP contribution in [0.1, 0.15) is 11.1 Å². The smallest absolute Gasteiger partial charge is 0.195 e. The van der Waals surface area contributed by atoms with Crippen molar-refractivity contribution in [1.82, 2.24) is 21.3 Å². The van der Waals surface area contributed by atoms with Crippen LogP contribution in [0.15, 0.2) is 60.7 Å². The molecule has 168 valence electrons. The van der Waals surface area contributed by atoms with Crippen LogP contribution in [0.2, 0.25) is 0 Å². The maximum absolute atomic E-state index is 7.34. The van der Waals surface area contributed by atoms with Crippen molar-refractivity contribution in [2.45, 2.75) is 12.8 Å². The van der Waals surface area contributed by atoms with E-state index in [0.717, 1.165) is 12.8 Å². The maximum Gasteiger partial charge on any atom is 0.195 e. The maximum atomic E-state index is 7.34. The van der Waals surface area contributed by atoms with E-state index in [1.54, 1.807) is 0 Å². The summed E-state index contributed by atoms with van der Waals surface area (Å²) < 4.78 is 0. The summed E-state index contributed by atoms with van der Waals surface area (Å²) in [6.07, 6.45) is 1.67. The van der Waals surface area contributed by atoms with Crippen LogP contribution in [0.25, 0.3) is 0 Å². The summed E-state index contributed by atoms with van der Waals surface area (Å²) in [5.74, 6) is -0.351. The lowest BCUT2D eigenvalue weighted by Gasteiger charge is -2.08. The van der Waals surface area contributed by atoms with Crippen LogP contribution >= 0.6 is 12.4 Å². The Morgan fingerprint density at radius 3 is 1.23 bits per heavy atom. The van der Waals surface area contributed by atoms with E-state index in [4.69, 9.17) is 33.1 Å². The van der Waals surface area contributed by atoms with Crippen molar-refractivity contribution in [2.24, 2.45) is 11.5 Å². The van der Waals surface area contributed by atoms with Gasteiger partial charge in [0.05, 0.1) is 0 Å². The number of hydrogen-bond donors (Lipinski definition) is 10. The molecule has 10 nitrogen and oxygen atoms in total. The highest BCUT2D eigenvalue weighted by molar-refractivity contribution is 5.95. The first-order valence-electron chi connectivity index (χ1n) is 9.31. The standard InChI is InChI=1S/2C10H15N5.ClH/c2*11-9(12)15-10(13)14-7-6-8-4-2-1-3-5-8;/h2*1-5H,6-7H2,(H6,11,12,13,14,15);1H. The summed E-state index contributed by atoms with van der Waals surface area (Å²) in [6, 6.07) is 20.0. The first-order chi connectivity index (χ1) is 14.4. The Morgan fingerprint density at radius 1 is 0.613 bits per heavy atom. The van der Waals surface area contributed by atoms with E-state index in [2.05, 4.69) is 21.3 Å². The van der Waals surface area contributed by atoms with Crippen molar-refractivity contribution in [3.8, 4) is 0 Å². The van der Waals surface area contributed by atoms with Crippen LogP contribution in [-0.4, -0.2) is 36.9 Å². The monoisotopic (exact) mass is 446 g/mol. The minimum absolute atomic E-state index is 0. The molecule has 0 fully saturated rings. The minimum atomic E-state index is -0.229. The van der Waals surface area contributed by atoms with Gasteiger partial charge in [-0.25, -0.2) is 0 Å². The Kier molecular flexibility index (Phi) is 14.1. The van der Waals surface area contributed by atoms with Crippen molar-refractivity contribution in [2.75, 3.05) is 13.1 Å². The Hall–Kier alpha value is -3.79. The molecule has 0 aliphatic rings. The van der Waals surface area contributed by atoms with E-state index >= 15 is 0 Å². The fourth-order valence-electron chi connectivity index (χ4n) is 2.31. The lowest BCUT2D eigenvalue weighted by atomic mass is 10.1. The summed E-state index contributed by atoms with van der Waals surface area (Å²) >= 11 is 0. The van der Waals surface area contributed by atoms with Gasteiger partial charge in [-0.05, 0) is 24.0 Å². The molecule has 0 aliphatic heterocycles. The summed E-state index contributed by atoms with van der Waals surface area (Å²) in [6.45, 7) is 1.28. The molecular formula is C20H31ClN10. The number of nitrogens with one attached hydrogen (secondary N) is 8. The highest BCUT2D eigenvalue weighted by Crippen LogP contribution is 1.98. The van der Waals surface area contributed by atoms with Crippen LogP contribution < -0.4 is 32.7 Å². The lowest BCUT2D eigenvalue weighted by Crippen LogP contribution is -2.43. The van der Waals surface area contributed by atoms with Gasteiger partial charge in [0.25, 0.3) is 0 Å². The first-order valence-corrected chi connectivity index (χ1v) is 9.31. The van der Waals surface area contributed by atoms with Gasteiger partial charge in [0.15, 0.2) is 23.8 Å². The average Bonchev–Trinajstić information content (AvgIpc) is 2.69. The molecule has 0 unspecified atom stereocenters. The van der Waals surface area contributed by atoms with Gasteiger partial charge in [-0.2, -0.15) is 0 Å². The Labute approximate surface area is 188 Å². The topological polar surface area (TPSA) is 196 Å². The summed E-state index contributed by atoms with van der Waals surface area (Å²) in [7, 11) is 0. The van der Waals surface area contributed by atoms with E-state index in [0.29, 0.717) is 13.1 Å². The zero-order valence-electron chi connectivity index (χ0n) is 17.2. The van der Waals surface area contributed by atoms with Crippen LogP contribution in [0.4, 0.5) is 0 Å². The summed E-state index contributed by atoms with van der Waals surface area (Å²) in [5, 5.41) is 38.9. The van der Waals surface area contributed by atoms with Gasteiger partial charge >= 0.3 is 0 Å². The lowest BCUT2D eigenvalue weighted by molar-refractivity contribution is 0.841. The van der Waals surface area contributed by atoms with Crippen molar-refractivity contribution in [1.29, 1.82) is 21.6 Å². The highest BCUT2D eigenvalue weighted by atomic mass is 35.5. The van der Waals surface area contributed by atoms with Crippen molar-refractivity contribution < 1.29 is 0 Å². The normalized spacial score (nSPS) is 9.03. The van der Waals surface area contributed by atoms with Crippen LogP contribution in [0.3, 0.4) is 0 Å². The number of nitrogens with two attached hydrogens (primary N) is 2. The molecule has 12 N–H and O–H groups in total. The van der Waals surface area contributed by atoms with Crippen molar-refractivity contribution in [3.63, 3.8) is 0 Å². The summed E-state index contributed by atoms with van der Waals surface area (Å²) in [4.78, 5) is 0. The Bertz CT molecular complexity index is 742. The number of guanidine groups is 4. The molecule has 0 bridgehead atoms. The van der Waals surface area contributed by atoms with E-state index in [9.17, 15) is 0 Å². The van der Waals surface area contributed by atoms with Gasteiger partial charge in [0, 0.05) is 13.1 Å². The van der Waals surface area contributed by atoms with Gasteiger partial charge in [0.2, 0.25) is 0 Å². The molecule has 0 radical (unpaired) electrons. The molecule has 0 saturated heterocycles. The number of rotatable bonds is 6. The van der Waals surface area contributed by atoms with Crippen molar-refractivity contribution in [3.05, 3.63) is 71.8 Å². The van der Waals surface area contributed by atoms with Crippen LogP contribution in [0, 0.1) is 21.6 Å². The fourth-order valence-corrected chi connectivity index (χ4v) is 2.31.